The second-order valence-corrected chi connectivity index (χ2v) is 9.92. The number of allylic oxidation sites excluding steroid dienone is 3. The Morgan fingerprint density at radius 2 is 1.72 bits per heavy atom. The lowest BCUT2D eigenvalue weighted by Gasteiger charge is -2.37. The van der Waals surface area contributed by atoms with Gasteiger partial charge in [0.1, 0.15) is 0 Å². The SMILES string of the molecule is CCOc1cc([C@@H]2C(C(=O)O[C@@H](C)CC)=C(C)NC3=C2C(=O)C[C@@H](c2ccc(OC)c(OC)c2)C3)ccc1O. The van der Waals surface area contributed by atoms with Gasteiger partial charge in [0.25, 0.3) is 0 Å². The molecule has 0 saturated carbocycles. The number of methoxy groups -OCH3 is 2. The van der Waals surface area contributed by atoms with Gasteiger partial charge in [-0.25, -0.2) is 4.79 Å². The number of hydrogen-bond donors (Lipinski definition) is 2. The average Bonchev–Trinajstić information content (AvgIpc) is 2.92. The molecule has 2 N–H and O–H groups in total. The number of carbonyl (C=O) groups is 2. The zero-order chi connectivity index (χ0) is 28.3. The fourth-order valence-electron chi connectivity index (χ4n) is 5.30. The minimum absolute atomic E-state index is 0.00309. The first-order valence-electron chi connectivity index (χ1n) is 13.3. The Labute approximate surface area is 229 Å². The van der Waals surface area contributed by atoms with Crippen LogP contribution in [-0.4, -0.2) is 43.8 Å². The van der Waals surface area contributed by atoms with Gasteiger partial charge in [0.15, 0.2) is 28.8 Å². The van der Waals surface area contributed by atoms with E-state index in [1.165, 1.54) is 6.07 Å². The molecule has 1 aliphatic heterocycles. The van der Waals surface area contributed by atoms with Crippen molar-refractivity contribution in [3.8, 4) is 23.0 Å². The second-order valence-electron chi connectivity index (χ2n) is 9.92. The highest BCUT2D eigenvalue weighted by Gasteiger charge is 2.42. The van der Waals surface area contributed by atoms with Crippen LogP contribution in [-0.2, 0) is 14.3 Å². The van der Waals surface area contributed by atoms with Gasteiger partial charge in [-0.2, -0.15) is 0 Å². The number of aromatic hydroxyl groups is 1. The monoisotopic (exact) mass is 535 g/mol. The molecule has 8 nitrogen and oxygen atoms in total. The maximum atomic E-state index is 13.9. The summed E-state index contributed by atoms with van der Waals surface area (Å²) in [4.78, 5) is 27.4. The highest BCUT2D eigenvalue weighted by Crippen LogP contribution is 2.47. The maximum absolute atomic E-state index is 13.9. The van der Waals surface area contributed by atoms with Crippen LogP contribution in [0.5, 0.6) is 23.0 Å². The van der Waals surface area contributed by atoms with E-state index in [0.717, 1.165) is 11.3 Å². The van der Waals surface area contributed by atoms with Crippen LogP contribution < -0.4 is 19.5 Å². The van der Waals surface area contributed by atoms with Gasteiger partial charge in [-0.1, -0.05) is 19.1 Å². The number of hydrogen-bond acceptors (Lipinski definition) is 8. The molecule has 208 valence electrons. The Hall–Kier alpha value is -3.94. The zero-order valence-corrected chi connectivity index (χ0v) is 23.4. The molecule has 0 aromatic heterocycles. The molecule has 0 unspecified atom stereocenters. The molecule has 1 heterocycles. The Morgan fingerprint density at radius 3 is 2.38 bits per heavy atom. The van der Waals surface area contributed by atoms with Gasteiger partial charge in [-0.05, 0) is 74.9 Å². The van der Waals surface area contributed by atoms with Crippen LogP contribution in [0.3, 0.4) is 0 Å². The highest BCUT2D eigenvalue weighted by atomic mass is 16.5. The number of benzene rings is 2. The number of ketones is 1. The number of rotatable bonds is 9. The quantitative estimate of drug-likeness (QED) is 0.405. The van der Waals surface area contributed by atoms with Gasteiger partial charge in [0.05, 0.1) is 32.5 Å². The Bertz CT molecular complexity index is 1330. The fraction of sp³-hybridized carbons (Fsp3) is 0.419. The van der Waals surface area contributed by atoms with E-state index in [9.17, 15) is 14.7 Å². The summed E-state index contributed by atoms with van der Waals surface area (Å²) >= 11 is 0. The standard InChI is InChI=1S/C31H37NO7/c1-7-17(3)39-31(35)28-18(4)32-22-13-21(19-10-12-25(36-5)27(15-19)37-6)14-24(34)30(22)29(28)20-9-11-23(33)26(16-20)38-8-2/h9-12,15-17,21,29,32-33H,7-8,13-14H2,1-6H3/t17-,21-,29+/m0/s1. The summed E-state index contributed by atoms with van der Waals surface area (Å²) in [6, 6.07) is 10.7. The molecule has 3 atom stereocenters. The van der Waals surface area contributed by atoms with Gasteiger partial charge in [0.2, 0.25) is 0 Å². The number of phenolic OH excluding ortho intramolecular Hbond substituents is 1. The summed E-state index contributed by atoms with van der Waals surface area (Å²) in [6.45, 7) is 7.81. The normalized spacial score (nSPS) is 19.7. The lowest BCUT2D eigenvalue weighted by molar-refractivity contribution is -0.144. The lowest BCUT2D eigenvalue weighted by atomic mass is 9.71. The molecular formula is C31H37NO7. The molecule has 2 aromatic rings. The van der Waals surface area contributed by atoms with Crippen molar-refractivity contribution >= 4 is 11.8 Å². The third-order valence-electron chi connectivity index (χ3n) is 7.43. The van der Waals surface area contributed by atoms with E-state index in [1.54, 1.807) is 26.4 Å². The van der Waals surface area contributed by atoms with Crippen LogP contribution in [0.25, 0.3) is 0 Å². The third-order valence-corrected chi connectivity index (χ3v) is 7.43. The van der Waals surface area contributed by atoms with Gasteiger partial charge in [-0.3, -0.25) is 4.79 Å². The zero-order valence-electron chi connectivity index (χ0n) is 23.4. The van der Waals surface area contributed by atoms with E-state index < -0.39 is 11.9 Å². The fourth-order valence-corrected chi connectivity index (χ4v) is 5.30. The Morgan fingerprint density at radius 1 is 1.03 bits per heavy atom. The lowest BCUT2D eigenvalue weighted by Crippen LogP contribution is -2.36. The highest BCUT2D eigenvalue weighted by molar-refractivity contribution is 6.04. The number of ether oxygens (including phenoxy) is 4. The van der Waals surface area contributed by atoms with E-state index in [2.05, 4.69) is 5.32 Å². The molecule has 0 fully saturated rings. The van der Waals surface area contributed by atoms with Gasteiger partial charge in [-0.15, -0.1) is 0 Å². The molecule has 0 bridgehead atoms. The molecule has 0 radical (unpaired) electrons. The summed E-state index contributed by atoms with van der Waals surface area (Å²) in [5.74, 6) is 0.273. The Balaban J connectivity index is 1.80. The van der Waals surface area contributed by atoms with E-state index in [1.807, 2.05) is 45.9 Å². The molecule has 4 rings (SSSR count). The van der Waals surface area contributed by atoms with E-state index in [4.69, 9.17) is 18.9 Å². The average molecular weight is 536 g/mol. The van der Waals surface area contributed by atoms with Crippen molar-refractivity contribution in [1.29, 1.82) is 0 Å². The van der Waals surface area contributed by atoms with Crippen molar-refractivity contribution < 1.29 is 33.6 Å². The number of esters is 1. The molecule has 0 saturated heterocycles. The van der Waals surface area contributed by atoms with Crippen LogP contribution in [0, 0.1) is 0 Å². The summed E-state index contributed by atoms with van der Waals surface area (Å²) in [7, 11) is 3.17. The third kappa shape index (κ3) is 5.60. The van der Waals surface area contributed by atoms with Gasteiger partial charge < -0.3 is 29.4 Å². The van der Waals surface area contributed by atoms with Crippen LogP contribution >= 0.6 is 0 Å². The first-order chi connectivity index (χ1) is 18.7. The van der Waals surface area contributed by atoms with Gasteiger partial charge >= 0.3 is 5.97 Å². The number of carbonyl (C=O) groups excluding carboxylic acids is 2. The molecule has 0 spiro atoms. The largest absolute Gasteiger partial charge is 0.504 e. The maximum Gasteiger partial charge on any atom is 0.337 e. The van der Waals surface area contributed by atoms with Crippen LogP contribution in [0.15, 0.2) is 58.9 Å². The number of nitrogens with one attached hydrogen (secondary N) is 1. The van der Waals surface area contributed by atoms with Crippen molar-refractivity contribution in [1.82, 2.24) is 5.32 Å². The molecule has 8 heteroatoms. The van der Waals surface area contributed by atoms with Crippen LogP contribution in [0.2, 0.25) is 0 Å². The minimum Gasteiger partial charge on any atom is -0.504 e. The van der Waals surface area contributed by atoms with Crippen LogP contribution in [0.4, 0.5) is 0 Å². The topological polar surface area (TPSA) is 103 Å². The first-order valence-corrected chi connectivity index (χ1v) is 13.3. The number of Topliss-reactive ketones (excluding diaryl/α,β-unsaturated/α-hetero) is 1. The molecule has 0 amide bonds. The predicted octanol–water partition coefficient (Wildman–Crippen LogP) is 5.51. The summed E-state index contributed by atoms with van der Waals surface area (Å²) in [6.07, 6.45) is 1.25. The Kier molecular flexibility index (Phi) is 8.53. The van der Waals surface area contributed by atoms with E-state index in [-0.39, 0.29) is 30.0 Å². The first kappa shape index (κ1) is 28.1. The minimum atomic E-state index is -0.656. The second kappa shape index (κ2) is 11.8. The summed E-state index contributed by atoms with van der Waals surface area (Å²) < 4.78 is 22.2. The number of dihydropyridines is 1. The molecule has 39 heavy (non-hydrogen) atoms. The predicted molar refractivity (Wildman–Crippen MR) is 147 cm³/mol. The molecule has 2 aromatic carbocycles. The summed E-state index contributed by atoms with van der Waals surface area (Å²) in [5.41, 5.74) is 4.00. The van der Waals surface area contributed by atoms with E-state index >= 15 is 0 Å². The summed E-state index contributed by atoms with van der Waals surface area (Å²) in [5, 5.41) is 13.7. The van der Waals surface area contributed by atoms with Crippen LogP contribution in [0.1, 0.15) is 69.9 Å². The molecule has 1 aliphatic carbocycles. The smallest absolute Gasteiger partial charge is 0.337 e. The van der Waals surface area contributed by atoms with Crippen molar-refractivity contribution in [2.75, 3.05) is 20.8 Å². The molecular weight excluding hydrogens is 498 g/mol. The van der Waals surface area contributed by atoms with Crippen molar-refractivity contribution in [2.45, 2.75) is 64.9 Å². The van der Waals surface area contributed by atoms with Crippen molar-refractivity contribution in [3.05, 3.63) is 70.1 Å². The van der Waals surface area contributed by atoms with Crippen molar-refractivity contribution in [3.63, 3.8) is 0 Å². The molecule has 2 aliphatic rings. The van der Waals surface area contributed by atoms with Crippen molar-refractivity contribution in [2.24, 2.45) is 0 Å². The number of phenols is 1. The van der Waals surface area contributed by atoms with Gasteiger partial charge in [0, 0.05) is 29.3 Å². The van der Waals surface area contributed by atoms with E-state index in [0.29, 0.717) is 59.1 Å².